The van der Waals surface area contributed by atoms with Crippen molar-refractivity contribution in [1.82, 2.24) is 4.98 Å². The van der Waals surface area contributed by atoms with Gasteiger partial charge in [0.15, 0.2) is 11.5 Å². The van der Waals surface area contributed by atoms with Crippen LogP contribution in [-0.4, -0.2) is 24.2 Å². The molecule has 0 unspecified atom stereocenters. The number of pyridine rings is 1. The Kier molecular flexibility index (Phi) is 2.86. The number of aromatic nitrogens is 1. The van der Waals surface area contributed by atoms with Crippen LogP contribution in [0, 0.1) is 0 Å². The number of ether oxygens (including phenoxy) is 2. The molecule has 5 nitrogen and oxygen atoms in total. The molecule has 24 heavy (non-hydrogen) atoms. The molecule has 5 rings (SSSR count). The maximum Gasteiger partial charge on any atom is 0.238 e. The van der Waals surface area contributed by atoms with Gasteiger partial charge in [-0.05, 0) is 55.0 Å². The predicted octanol–water partition coefficient (Wildman–Crippen LogP) is 2.82. The molecule has 0 N–H and O–H groups in total. The number of rotatable bonds is 2. The summed E-state index contributed by atoms with van der Waals surface area (Å²) in [5.74, 6) is 2.50. The largest absolute Gasteiger partial charge is 0.454 e. The van der Waals surface area contributed by atoms with Crippen molar-refractivity contribution in [3.63, 3.8) is 0 Å². The summed E-state index contributed by atoms with van der Waals surface area (Å²) >= 11 is 0. The zero-order chi connectivity index (χ0) is 16.1. The van der Waals surface area contributed by atoms with E-state index in [9.17, 15) is 4.79 Å². The number of carbonyl (C=O) groups excluding carboxylic acids is 1. The van der Waals surface area contributed by atoms with Crippen molar-refractivity contribution in [2.45, 2.75) is 31.1 Å². The van der Waals surface area contributed by atoms with E-state index in [-0.39, 0.29) is 12.7 Å². The highest BCUT2D eigenvalue weighted by molar-refractivity contribution is 6.03. The van der Waals surface area contributed by atoms with Crippen LogP contribution in [0.4, 0.5) is 5.82 Å². The van der Waals surface area contributed by atoms with Crippen molar-refractivity contribution < 1.29 is 14.3 Å². The van der Waals surface area contributed by atoms with E-state index in [0.717, 1.165) is 55.1 Å². The van der Waals surface area contributed by atoms with Crippen molar-refractivity contribution in [3.05, 3.63) is 47.7 Å². The van der Waals surface area contributed by atoms with Crippen LogP contribution < -0.4 is 14.4 Å². The van der Waals surface area contributed by atoms with E-state index in [2.05, 4.69) is 11.1 Å². The number of hydrogen-bond donors (Lipinski definition) is 0. The van der Waals surface area contributed by atoms with Crippen molar-refractivity contribution in [2.75, 3.05) is 18.2 Å². The van der Waals surface area contributed by atoms with E-state index in [4.69, 9.17) is 9.47 Å². The molecule has 1 saturated carbocycles. The third-order valence-corrected chi connectivity index (χ3v) is 5.28. The maximum absolute atomic E-state index is 13.4. The van der Waals surface area contributed by atoms with Crippen LogP contribution in [-0.2, 0) is 16.6 Å². The molecule has 0 atom stereocenters. The minimum atomic E-state index is -0.424. The van der Waals surface area contributed by atoms with Gasteiger partial charge >= 0.3 is 0 Å². The van der Waals surface area contributed by atoms with Gasteiger partial charge in [0.25, 0.3) is 0 Å². The Balaban J connectivity index is 1.51. The number of hydrogen-bond acceptors (Lipinski definition) is 4. The first kappa shape index (κ1) is 13.8. The molecular formula is C19H18N2O3. The van der Waals surface area contributed by atoms with Gasteiger partial charge in [0.2, 0.25) is 12.7 Å². The number of aryl methyl sites for hydroxylation is 1. The van der Waals surface area contributed by atoms with Gasteiger partial charge in [0, 0.05) is 12.7 Å². The van der Waals surface area contributed by atoms with E-state index in [0.29, 0.717) is 0 Å². The summed E-state index contributed by atoms with van der Waals surface area (Å²) in [6.45, 7) is 0.998. The second-order valence-electron chi connectivity index (χ2n) is 6.70. The minimum absolute atomic E-state index is 0.168. The zero-order valence-electron chi connectivity index (χ0n) is 13.3. The van der Waals surface area contributed by atoms with E-state index in [1.165, 1.54) is 5.56 Å². The molecule has 0 bridgehead atoms. The normalized spacial score (nSPS) is 19.8. The predicted molar refractivity (Wildman–Crippen MR) is 88.4 cm³/mol. The molecule has 1 amide bonds. The van der Waals surface area contributed by atoms with Gasteiger partial charge in [-0.15, -0.1) is 0 Å². The van der Waals surface area contributed by atoms with Gasteiger partial charge in [0.05, 0.1) is 5.41 Å². The van der Waals surface area contributed by atoms with Crippen LogP contribution in [0.15, 0.2) is 36.5 Å². The molecule has 3 heterocycles. The van der Waals surface area contributed by atoms with Gasteiger partial charge in [-0.2, -0.15) is 0 Å². The Labute approximate surface area is 140 Å². The smallest absolute Gasteiger partial charge is 0.238 e. The summed E-state index contributed by atoms with van der Waals surface area (Å²) in [6.07, 6.45) is 5.50. The molecule has 2 aliphatic heterocycles. The van der Waals surface area contributed by atoms with Crippen LogP contribution >= 0.6 is 0 Å². The summed E-state index contributed by atoms with van der Waals surface area (Å²) in [5.41, 5.74) is 1.77. The molecular weight excluding hydrogens is 304 g/mol. The monoisotopic (exact) mass is 322 g/mol. The fourth-order valence-corrected chi connectivity index (χ4v) is 3.80. The number of fused-ring (bicyclic) bond motifs is 2. The van der Waals surface area contributed by atoms with Crippen molar-refractivity contribution in [2.24, 2.45) is 0 Å². The highest BCUT2D eigenvalue weighted by Gasteiger charge is 2.54. The van der Waals surface area contributed by atoms with Crippen LogP contribution in [0.3, 0.4) is 0 Å². The summed E-state index contributed by atoms with van der Waals surface area (Å²) in [7, 11) is 0. The number of benzene rings is 1. The molecule has 0 spiro atoms. The molecule has 0 saturated heterocycles. The molecule has 1 aromatic heterocycles. The molecule has 5 heteroatoms. The first-order valence-electron chi connectivity index (χ1n) is 8.44. The van der Waals surface area contributed by atoms with Crippen LogP contribution in [0.25, 0.3) is 0 Å². The SMILES string of the molecule is O=C(N1CCCc2cccnc21)C1(c2ccc3c(c2)OCO3)CC1. The van der Waals surface area contributed by atoms with Crippen molar-refractivity contribution in [1.29, 1.82) is 0 Å². The summed E-state index contributed by atoms with van der Waals surface area (Å²) in [5, 5.41) is 0. The lowest BCUT2D eigenvalue weighted by molar-refractivity contribution is -0.121. The molecule has 1 aliphatic carbocycles. The Morgan fingerprint density at radius 2 is 2.04 bits per heavy atom. The standard InChI is InChI=1S/C19H18N2O3/c22-18(21-10-2-4-13-3-1-9-20-17(13)21)19(7-8-19)14-5-6-15-16(11-14)24-12-23-15/h1,3,5-6,9,11H,2,4,7-8,10,12H2. The molecule has 1 aromatic carbocycles. The molecule has 1 fully saturated rings. The van der Waals surface area contributed by atoms with E-state index < -0.39 is 5.41 Å². The lowest BCUT2D eigenvalue weighted by Crippen LogP contribution is -2.42. The second-order valence-corrected chi connectivity index (χ2v) is 6.70. The second kappa shape index (κ2) is 4.97. The Morgan fingerprint density at radius 3 is 2.92 bits per heavy atom. The van der Waals surface area contributed by atoms with Gasteiger partial charge in [-0.1, -0.05) is 12.1 Å². The fraction of sp³-hybridized carbons (Fsp3) is 0.368. The third-order valence-electron chi connectivity index (χ3n) is 5.28. The first-order valence-corrected chi connectivity index (χ1v) is 8.44. The fourth-order valence-electron chi connectivity index (χ4n) is 3.80. The van der Waals surface area contributed by atoms with E-state index in [1.807, 2.05) is 29.2 Å². The van der Waals surface area contributed by atoms with Gasteiger partial charge in [0.1, 0.15) is 5.82 Å². The number of nitrogens with zero attached hydrogens (tertiary/aromatic N) is 2. The first-order chi connectivity index (χ1) is 11.8. The average molecular weight is 322 g/mol. The zero-order valence-corrected chi connectivity index (χ0v) is 13.3. The molecule has 0 radical (unpaired) electrons. The Hall–Kier alpha value is -2.56. The highest BCUT2D eigenvalue weighted by atomic mass is 16.7. The number of anilines is 1. The molecule has 3 aliphatic rings. The Morgan fingerprint density at radius 1 is 1.17 bits per heavy atom. The van der Waals surface area contributed by atoms with Crippen molar-refractivity contribution >= 4 is 11.7 Å². The Bertz CT molecular complexity index is 829. The van der Waals surface area contributed by atoms with E-state index >= 15 is 0 Å². The highest BCUT2D eigenvalue weighted by Crippen LogP contribution is 2.52. The molecule has 2 aromatic rings. The third kappa shape index (κ3) is 1.94. The van der Waals surface area contributed by atoms with Crippen LogP contribution in [0.5, 0.6) is 11.5 Å². The van der Waals surface area contributed by atoms with Gasteiger partial charge < -0.3 is 9.47 Å². The van der Waals surface area contributed by atoms with Crippen LogP contribution in [0.1, 0.15) is 30.4 Å². The van der Waals surface area contributed by atoms with E-state index in [1.54, 1.807) is 6.20 Å². The molecule has 122 valence electrons. The topological polar surface area (TPSA) is 51.7 Å². The van der Waals surface area contributed by atoms with Crippen LogP contribution in [0.2, 0.25) is 0 Å². The number of carbonyl (C=O) groups is 1. The lowest BCUT2D eigenvalue weighted by Gasteiger charge is -2.31. The van der Waals surface area contributed by atoms with Gasteiger partial charge in [-0.3, -0.25) is 9.69 Å². The minimum Gasteiger partial charge on any atom is -0.454 e. The number of amides is 1. The quantitative estimate of drug-likeness (QED) is 0.853. The summed E-state index contributed by atoms with van der Waals surface area (Å²) in [6, 6.07) is 9.89. The van der Waals surface area contributed by atoms with Gasteiger partial charge in [-0.25, -0.2) is 4.98 Å². The summed E-state index contributed by atoms with van der Waals surface area (Å²) < 4.78 is 10.9. The lowest BCUT2D eigenvalue weighted by atomic mass is 9.92. The maximum atomic E-state index is 13.4. The van der Waals surface area contributed by atoms with Crippen molar-refractivity contribution in [3.8, 4) is 11.5 Å². The summed E-state index contributed by atoms with van der Waals surface area (Å²) in [4.78, 5) is 19.7. The average Bonchev–Trinajstić information content (AvgIpc) is 3.31.